The predicted molar refractivity (Wildman–Crippen MR) is 82.8 cm³/mol. The van der Waals surface area contributed by atoms with Gasteiger partial charge in [0.15, 0.2) is 0 Å². The van der Waals surface area contributed by atoms with Crippen LogP contribution in [0, 0.1) is 0 Å². The Morgan fingerprint density at radius 1 is 1.23 bits per heavy atom. The van der Waals surface area contributed by atoms with Gasteiger partial charge in [0.25, 0.3) is 5.91 Å². The maximum absolute atomic E-state index is 12.4. The number of ether oxygens (including phenoxy) is 1. The van der Waals surface area contributed by atoms with E-state index in [4.69, 9.17) is 4.74 Å². The first-order valence-corrected chi connectivity index (χ1v) is 7.70. The van der Waals surface area contributed by atoms with E-state index in [-0.39, 0.29) is 18.6 Å². The zero-order valence-corrected chi connectivity index (χ0v) is 12.6. The molecule has 0 atom stereocenters. The van der Waals surface area contributed by atoms with Crippen molar-refractivity contribution in [3.05, 3.63) is 29.3 Å². The molecule has 2 aliphatic rings. The highest BCUT2D eigenvalue weighted by Gasteiger charge is 2.23. The molecule has 0 aromatic heterocycles. The summed E-state index contributed by atoms with van der Waals surface area (Å²) in [6, 6.07) is 6.08. The van der Waals surface area contributed by atoms with Crippen LogP contribution in [-0.4, -0.2) is 31.1 Å². The van der Waals surface area contributed by atoms with Gasteiger partial charge in [0.1, 0.15) is 6.61 Å². The second kappa shape index (κ2) is 6.36. The molecule has 1 saturated carbocycles. The van der Waals surface area contributed by atoms with E-state index in [2.05, 4.69) is 16.0 Å². The number of carbonyl (C=O) groups excluding carboxylic acids is 2. The monoisotopic (exact) mass is 303 g/mol. The van der Waals surface area contributed by atoms with Gasteiger partial charge in [-0.1, -0.05) is 0 Å². The lowest BCUT2D eigenvalue weighted by Crippen LogP contribution is -2.41. The molecule has 0 unspecified atom stereocenters. The van der Waals surface area contributed by atoms with Gasteiger partial charge in [-0.25, -0.2) is 4.79 Å². The van der Waals surface area contributed by atoms with E-state index in [1.54, 1.807) is 18.2 Å². The summed E-state index contributed by atoms with van der Waals surface area (Å²) in [5.74, 6) is -0.0624. The van der Waals surface area contributed by atoms with Crippen LogP contribution in [0.25, 0.3) is 0 Å². The number of fused-ring (bicyclic) bond motifs is 1. The van der Waals surface area contributed by atoms with Crippen molar-refractivity contribution in [2.75, 3.05) is 12.4 Å². The quantitative estimate of drug-likeness (QED) is 0.798. The van der Waals surface area contributed by atoms with Crippen molar-refractivity contribution in [1.29, 1.82) is 0 Å². The van der Waals surface area contributed by atoms with E-state index >= 15 is 0 Å². The first-order valence-electron chi connectivity index (χ1n) is 7.70. The van der Waals surface area contributed by atoms with E-state index in [1.807, 2.05) is 7.05 Å². The molecule has 0 spiro atoms. The van der Waals surface area contributed by atoms with Crippen LogP contribution in [0.2, 0.25) is 0 Å². The summed E-state index contributed by atoms with van der Waals surface area (Å²) in [4.78, 5) is 23.5. The summed E-state index contributed by atoms with van der Waals surface area (Å²) in [5.41, 5.74) is 2.14. The number of nitrogens with one attached hydrogen (secondary N) is 3. The fourth-order valence-corrected chi connectivity index (χ4v) is 3.06. The Kier molecular flexibility index (Phi) is 4.29. The lowest BCUT2D eigenvalue weighted by Gasteiger charge is -2.29. The van der Waals surface area contributed by atoms with Crippen molar-refractivity contribution in [2.45, 2.75) is 44.4 Å². The average Bonchev–Trinajstić information content (AvgIpc) is 2.55. The molecule has 2 amide bonds. The largest absolute Gasteiger partial charge is 0.444 e. The Hall–Kier alpha value is -2.08. The molecule has 1 heterocycles. The van der Waals surface area contributed by atoms with Gasteiger partial charge < -0.3 is 15.4 Å². The molecule has 3 rings (SSSR count). The Morgan fingerprint density at radius 3 is 2.68 bits per heavy atom. The van der Waals surface area contributed by atoms with Gasteiger partial charge in [-0.3, -0.25) is 10.1 Å². The van der Waals surface area contributed by atoms with Crippen LogP contribution in [0.15, 0.2) is 18.2 Å². The van der Waals surface area contributed by atoms with Crippen LogP contribution in [-0.2, 0) is 11.3 Å². The van der Waals surface area contributed by atoms with Crippen LogP contribution in [0.1, 0.15) is 41.6 Å². The standard InChI is InChI=1S/C16H21N3O3/c1-17-12-3-5-13(6-4-12)18-15(20)10-2-7-14-11(8-10)9-22-16(21)19-14/h2,7-8,12-13,17H,3-6,9H2,1H3,(H,18,20)(H,19,21). The van der Waals surface area contributed by atoms with Gasteiger partial charge in [0.2, 0.25) is 0 Å². The summed E-state index contributed by atoms with van der Waals surface area (Å²) in [7, 11) is 1.98. The van der Waals surface area contributed by atoms with Gasteiger partial charge in [-0.05, 0) is 50.9 Å². The molecule has 1 aliphatic heterocycles. The number of carbonyl (C=O) groups is 2. The molecule has 0 bridgehead atoms. The molecular formula is C16H21N3O3. The summed E-state index contributed by atoms with van der Waals surface area (Å²) >= 11 is 0. The third-order valence-corrected chi connectivity index (χ3v) is 4.43. The van der Waals surface area contributed by atoms with Crippen LogP contribution < -0.4 is 16.0 Å². The lowest BCUT2D eigenvalue weighted by molar-refractivity contribution is 0.0924. The van der Waals surface area contributed by atoms with Crippen molar-refractivity contribution in [2.24, 2.45) is 0 Å². The Labute approximate surface area is 129 Å². The van der Waals surface area contributed by atoms with Crippen LogP contribution in [0.4, 0.5) is 10.5 Å². The topological polar surface area (TPSA) is 79.5 Å². The fraction of sp³-hybridized carbons (Fsp3) is 0.500. The Balaban J connectivity index is 1.62. The number of hydrogen-bond acceptors (Lipinski definition) is 4. The van der Waals surface area contributed by atoms with E-state index in [0.29, 0.717) is 17.3 Å². The third-order valence-electron chi connectivity index (χ3n) is 4.43. The fourth-order valence-electron chi connectivity index (χ4n) is 3.06. The smallest absolute Gasteiger partial charge is 0.411 e. The van der Waals surface area contributed by atoms with Crippen LogP contribution >= 0.6 is 0 Å². The SMILES string of the molecule is CNC1CCC(NC(=O)c2ccc3c(c2)COC(=O)N3)CC1. The van der Waals surface area contributed by atoms with Gasteiger partial charge in [0, 0.05) is 23.2 Å². The van der Waals surface area contributed by atoms with Gasteiger partial charge in [-0.2, -0.15) is 0 Å². The van der Waals surface area contributed by atoms with Crippen molar-refractivity contribution < 1.29 is 14.3 Å². The first-order chi connectivity index (χ1) is 10.7. The molecule has 118 valence electrons. The number of cyclic esters (lactones) is 1. The normalized spacial score (nSPS) is 24.0. The van der Waals surface area contributed by atoms with Gasteiger partial charge in [-0.15, -0.1) is 0 Å². The molecule has 0 radical (unpaired) electrons. The zero-order valence-electron chi connectivity index (χ0n) is 12.6. The maximum Gasteiger partial charge on any atom is 0.411 e. The van der Waals surface area contributed by atoms with E-state index < -0.39 is 6.09 Å². The second-order valence-electron chi connectivity index (χ2n) is 5.88. The van der Waals surface area contributed by atoms with Crippen molar-refractivity contribution in [3.8, 4) is 0 Å². The minimum Gasteiger partial charge on any atom is -0.444 e. The van der Waals surface area contributed by atoms with Crippen molar-refractivity contribution >= 4 is 17.7 Å². The lowest BCUT2D eigenvalue weighted by atomic mass is 9.91. The molecule has 1 fully saturated rings. The van der Waals surface area contributed by atoms with Gasteiger partial charge in [0.05, 0.1) is 5.69 Å². The predicted octanol–water partition coefficient (Wildman–Crippen LogP) is 2.01. The minimum absolute atomic E-state index is 0.0624. The summed E-state index contributed by atoms with van der Waals surface area (Å²) < 4.78 is 4.92. The highest BCUT2D eigenvalue weighted by Crippen LogP contribution is 2.23. The highest BCUT2D eigenvalue weighted by atomic mass is 16.5. The molecule has 3 N–H and O–H groups in total. The number of benzene rings is 1. The van der Waals surface area contributed by atoms with Crippen molar-refractivity contribution in [3.63, 3.8) is 0 Å². The van der Waals surface area contributed by atoms with E-state index in [0.717, 1.165) is 31.2 Å². The molecule has 1 aromatic rings. The Bertz CT molecular complexity index is 580. The number of hydrogen-bond donors (Lipinski definition) is 3. The van der Waals surface area contributed by atoms with Gasteiger partial charge >= 0.3 is 6.09 Å². The third kappa shape index (κ3) is 3.22. The molecule has 0 saturated heterocycles. The van der Waals surface area contributed by atoms with Crippen LogP contribution in [0.5, 0.6) is 0 Å². The molecule has 1 aliphatic carbocycles. The number of amides is 2. The number of anilines is 1. The summed E-state index contributed by atoms with van der Waals surface area (Å²) in [5, 5.41) is 9.01. The van der Waals surface area contributed by atoms with E-state index in [1.165, 1.54) is 0 Å². The minimum atomic E-state index is -0.453. The average molecular weight is 303 g/mol. The van der Waals surface area contributed by atoms with Crippen LogP contribution in [0.3, 0.4) is 0 Å². The molecule has 1 aromatic carbocycles. The summed E-state index contributed by atoms with van der Waals surface area (Å²) in [6.07, 6.45) is 3.73. The molecule has 6 heteroatoms. The first kappa shape index (κ1) is 14.8. The maximum atomic E-state index is 12.4. The molecular weight excluding hydrogens is 282 g/mol. The zero-order chi connectivity index (χ0) is 15.5. The molecule has 6 nitrogen and oxygen atoms in total. The molecule has 22 heavy (non-hydrogen) atoms. The highest BCUT2D eigenvalue weighted by molar-refractivity contribution is 5.96. The second-order valence-corrected chi connectivity index (χ2v) is 5.88. The van der Waals surface area contributed by atoms with Crippen molar-refractivity contribution in [1.82, 2.24) is 10.6 Å². The number of rotatable bonds is 3. The van der Waals surface area contributed by atoms with E-state index in [9.17, 15) is 9.59 Å². The summed E-state index contributed by atoms with van der Waals surface area (Å²) in [6.45, 7) is 0.204. The Morgan fingerprint density at radius 2 is 1.95 bits per heavy atom.